The monoisotopic (exact) mass is 460 g/mol. The van der Waals surface area contributed by atoms with Gasteiger partial charge in [-0.05, 0) is 50.4 Å². The van der Waals surface area contributed by atoms with E-state index in [-0.39, 0.29) is 24.0 Å². The smallest absolute Gasteiger partial charge is 0.188 e. The molecule has 25 heavy (non-hydrogen) atoms. The maximum absolute atomic E-state index is 5.88. The molecule has 0 aliphatic carbocycles. The Morgan fingerprint density at radius 1 is 1.16 bits per heavy atom. The summed E-state index contributed by atoms with van der Waals surface area (Å²) in [7, 11) is 0. The van der Waals surface area contributed by atoms with Gasteiger partial charge in [0.25, 0.3) is 0 Å². The van der Waals surface area contributed by atoms with Crippen LogP contribution >= 0.6 is 24.0 Å². The van der Waals surface area contributed by atoms with Gasteiger partial charge in [0.15, 0.2) is 5.96 Å². The molecule has 1 aromatic rings. The van der Waals surface area contributed by atoms with E-state index in [2.05, 4.69) is 39.5 Å². The highest BCUT2D eigenvalue weighted by atomic mass is 127. The van der Waals surface area contributed by atoms with Crippen LogP contribution in [0.25, 0.3) is 0 Å². The lowest BCUT2D eigenvalue weighted by molar-refractivity contribution is 0.145. The fourth-order valence-electron chi connectivity index (χ4n) is 2.89. The van der Waals surface area contributed by atoms with Crippen molar-refractivity contribution in [3.8, 4) is 0 Å². The van der Waals surface area contributed by atoms with E-state index in [1.165, 1.54) is 43.5 Å². The first-order chi connectivity index (χ1) is 11.8. The van der Waals surface area contributed by atoms with E-state index in [0.29, 0.717) is 12.5 Å². The molecule has 0 atom stereocenters. The average Bonchev–Trinajstić information content (AvgIpc) is 2.62. The van der Waals surface area contributed by atoms with Gasteiger partial charge in [-0.2, -0.15) is 0 Å². The lowest BCUT2D eigenvalue weighted by atomic mass is 10.1. The first-order valence-corrected chi connectivity index (χ1v) is 9.19. The van der Waals surface area contributed by atoms with Crippen LogP contribution in [0.3, 0.4) is 0 Å². The third-order valence-electron chi connectivity index (χ3n) is 4.29. The number of aliphatic imine (C=N–C) groups is 1. The van der Waals surface area contributed by atoms with Crippen LogP contribution in [0.1, 0.15) is 43.7 Å². The molecule has 0 bridgehead atoms. The molecule has 1 aliphatic rings. The van der Waals surface area contributed by atoms with Crippen molar-refractivity contribution < 1.29 is 4.74 Å². The number of hydrogen-bond donors (Lipinski definition) is 2. The van der Waals surface area contributed by atoms with Crippen molar-refractivity contribution in [2.75, 3.05) is 32.8 Å². The molecule has 0 amide bonds. The number of piperidine rings is 1. The molecule has 3 N–H and O–H groups in total. The molecule has 6 heteroatoms. The predicted octanol–water partition coefficient (Wildman–Crippen LogP) is 3.12. The number of hydrogen-bond acceptors (Lipinski definition) is 3. The standard InChI is InChI=1S/C19H32N4O.HI/c1-2-24-14-6-11-21-19(20)22-15-17-7-9-18(10-8-17)16-23-12-4-3-5-13-23;/h7-10H,2-6,11-16H2,1H3,(H3,20,21,22);1H. The molecular weight excluding hydrogens is 427 g/mol. The Bertz CT molecular complexity index is 487. The van der Waals surface area contributed by atoms with E-state index in [4.69, 9.17) is 10.5 Å². The van der Waals surface area contributed by atoms with Gasteiger partial charge in [0, 0.05) is 26.3 Å². The van der Waals surface area contributed by atoms with Gasteiger partial charge in [-0.3, -0.25) is 4.90 Å². The molecule has 0 unspecified atom stereocenters. The van der Waals surface area contributed by atoms with Crippen molar-refractivity contribution in [3.63, 3.8) is 0 Å². The van der Waals surface area contributed by atoms with Crippen LogP contribution in [0.5, 0.6) is 0 Å². The number of likely N-dealkylation sites (tertiary alicyclic amines) is 1. The van der Waals surface area contributed by atoms with Crippen LogP contribution in [0.15, 0.2) is 29.3 Å². The zero-order chi connectivity index (χ0) is 17.0. The van der Waals surface area contributed by atoms with E-state index in [0.717, 1.165) is 32.7 Å². The number of benzene rings is 1. The Labute approximate surface area is 169 Å². The van der Waals surface area contributed by atoms with Crippen molar-refractivity contribution >= 4 is 29.9 Å². The summed E-state index contributed by atoms with van der Waals surface area (Å²) in [5, 5.41) is 3.12. The van der Waals surface area contributed by atoms with Gasteiger partial charge < -0.3 is 15.8 Å². The molecule has 0 spiro atoms. The summed E-state index contributed by atoms with van der Waals surface area (Å²) in [5.41, 5.74) is 8.45. The largest absolute Gasteiger partial charge is 0.382 e. The summed E-state index contributed by atoms with van der Waals surface area (Å²) in [6.45, 7) is 8.47. The first-order valence-electron chi connectivity index (χ1n) is 9.19. The van der Waals surface area contributed by atoms with Crippen molar-refractivity contribution in [3.05, 3.63) is 35.4 Å². The van der Waals surface area contributed by atoms with E-state index in [1.807, 2.05) is 6.92 Å². The minimum absolute atomic E-state index is 0. The quantitative estimate of drug-likeness (QED) is 0.257. The molecular formula is C19H33IN4O. The molecule has 5 nitrogen and oxygen atoms in total. The Hall–Kier alpha value is -0.860. The molecule has 1 heterocycles. The SMILES string of the molecule is CCOCCCNC(N)=NCc1ccc(CN2CCCCC2)cc1.I. The molecule has 1 fully saturated rings. The number of rotatable bonds is 9. The van der Waals surface area contributed by atoms with Gasteiger partial charge in [0.2, 0.25) is 0 Å². The molecule has 142 valence electrons. The van der Waals surface area contributed by atoms with Gasteiger partial charge in [-0.15, -0.1) is 24.0 Å². The number of nitrogens with zero attached hydrogens (tertiary/aromatic N) is 2. The van der Waals surface area contributed by atoms with E-state index in [1.54, 1.807) is 0 Å². The van der Waals surface area contributed by atoms with E-state index >= 15 is 0 Å². The van der Waals surface area contributed by atoms with Crippen LogP contribution in [-0.2, 0) is 17.8 Å². The summed E-state index contributed by atoms with van der Waals surface area (Å²) < 4.78 is 5.29. The van der Waals surface area contributed by atoms with Crippen LogP contribution in [0.2, 0.25) is 0 Å². The average molecular weight is 460 g/mol. The minimum Gasteiger partial charge on any atom is -0.382 e. The van der Waals surface area contributed by atoms with Gasteiger partial charge in [-0.25, -0.2) is 4.99 Å². The predicted molar refractivity (Wildman–Crippen MR) is 115 cm³/mol. The fourth-order valence-corrected chi connectivity index (χ4v) is 2.89. The number of ether oxygens (including phenoxy) is 1. The Morgan fingerprint density at radius 3 is 2.52 bits per heavy atom. The van der Waals surface area contributed by atoms with E-state index < -0.39 is 0 Å². The zero-order valence-corrected chi connectivity index (χ0v) is 17.7. The maximum Gasteiger partial charge on any atom is 0.188 e. The van der Waals surface area contributed by atoms with Gasteiger partial charge in [-0.1, -0.05) is 30.7 Å². The number of guanidine groups is 1. The Kier molecular flexibility index (Phi) is 11.9. The molecule has 2 rings (SSSR count). The molecule has 0 radical (unpaired) electrons. The number of nitrogens with one attached hydrogen (secondary N) is 1. The number of nitrogens with two attached hydrogens (primary N) is 1. The van der Waals surface area contributed by atoms with Crippen molar-refractivity contribution in [2.24, 2.45) is 10.7 Å². The van der Waals surface area contributed by atoms with Crippen LogP contribution < -0.4 is 11.1 Å². The summed E-state index contributed by atoms with van der Waals surface area (Å²) in [4.78, 5) is 6.93. The van der Waals surface area contributed by atoms with Crippen molar-refractivity contribution in [2.45, 2.75) is 45.7 Å². The van der Waals surface area contributed by atoms with Crippen LogP contribution in [0, 0.1) is 0 Å². The second kappa shape index (κ2) is 13.4. The van der Waals surface area contributed by atoms with Crippen LogP contribution in [-0.4, -0.2) is 43.7 Å². The third-order valence-corrected chi connectivity index (χ3v) is 4.29. The summed E-state index contributed by atoms with van der Waals surface area (Å²) in [5.74, 6) is 0.504. The first kappa shape index (κ1) is 22.2. The molecule has 0 aromatic heterocycles. The minimum atomic E-state index is 0. The molecule has 1 saturated heterocycles. The highest BCUT2D eigenvalue weighted by Gasteiger charge is 2.10. The highest BCUT2D eigenvalue weighted by Crippen LogP contribution is 2.13. The molecule has 1 aliphatic heterocycles. The molecule has 0 saturated carbocycles. The maximum atomic E-state index is 5.88. The van der Waals surface area contributed by atoms with Gasteiger partial charge in [0.1, 0.15) is 0 Å². The summed E-state index contributed by atoms with van der Waals surface area (Å²) in [6, 6.07) is 8.74. The second-order valence-electron chi connectivity index (χ2n) is 6.33. The van der Waals surface area contributed by atoms with Crippen LogP contribution in [0.4, 0.5) is 0 Å². The fraction of sp³-hybridized carbons (Fsp3) is 0.632. The van der Waals surface area contributed by atoms with Gasteiger partial charge >= 0.3 is 0 Å². The topological polar surface area (TPSA) is 62.9 Å². The Morgan fingerprint density at radius 2 is 1.84 bits per heavy atom. The summed E-state index contributed by atoms with van der Waals surface area (Å²) in [6.07, 6.45) is 5.00. The normalized spacial score (nSPS) is 15.6. The Balaban J connectivity index is 0.00000312. The molecule has 1 aromatic carbocycles. The highest BCUT2D eigenvalue weighted by molar-refractivity contribution is 14.0. The second-order valence-corrected chi connectivity index (χ2v) is 6.33. The third kappa shape index (κ3) is 9.42. The zero-order valence-electron chi connectivity index (χ0n) is 15.4. The van der Waals surface area contributed by atoms with Gasteiger partial charge in [0.05, 0.1) is 6.54 Å². The van der Waals surface area contributed by atoms with Crippen molar-refractivity contribution in [1.82, 2.24) is 10.2 Å². The lowest BCUT2D eigenvalue weighted by Gasteiger charge is -2.26. The van der Waals surface area contributed by atoms with Crippen molar-refractivity contribution in [1.29, 1.82) is 0 Å². The summed E-state index contributed by atoms with van der Waals surface area (Å²) >= 11 is 0. The van der Waals surface area contributed by atoms with E-state index in [9.17, 15) is 0 Å². The lowest BCUT2D eigenvalue weighted by Crippen LogP contribution is -2.32. The number of halogens is 1.